The van der Waals surface area contributed by atoms with E-state index in [0.29, 0.717) is 16.9 Å². The molecule has 2 aromatic rings. The van der Waals surface area contributed by atoms with E-state index in [0.717, 1.165) is 34.8 Å². The van der Waals surface area contributed by atoms with Crippen LogP contribution < -0.4 is 148 Å². The monoisotopic (exact) mass is 908 g/mol. The summed E-state index contributed by atoms with van der Waals surface area (Å²) in [6.07, 6.45) is 1.60. The summed E-state index contributed by atoms with van der Waals surface area (Å²) < 4.78 is 14.2. The van der Waals surface area contributed by atoms with Gasteiger partial charge in [-0.05, 0) is 102 Å². The smallest absolute Gasteiger partial charge is 1.00 e. The van der Waals surface area contributed by atoms with Crippen molar-refractivity contribution >= 4 is 46.9 Å². The van der Waals surface area contributed by atoms with Crippen molar-refractivity contribution in [1.29, 1.82) is 0 Å². The Hall–Kier alpha value is 0.334. The van der Waals surface area contributed by atoms with Gasteiger partial charge in [-0.1, -0.05) is 15.9 Å². The number of hydrogen-bond donors (Lipinski definition) is 1. The van der Waals surface area contributed by atoms with Crippen LogP contribution in [0.3, 0.4) is 0 Å². The predicted molar refractivity (Wildman–Crippen MR) is 154 cm³/mol. The second-order valence-corrected chi connectivity index (χ2v) is 11.4. The molecule has 230 valence electrons. The Kier molecular flexibility index (Phi) is 29.7. The van der Waals surface area contributed by atoms with Gasteiger partial charge in [0.05, 0.1) is 14.2 Å². The summed E-state index contributed by atoms with van der Waals surface area (Å²) >= 11 is 3.13. The summed E-state index contributed by atoms with van der Waals surface area (Å²) in [7, 11) is 2.69. The number of aryl methyl sites for hydroxylation is 4. The first-order chi connectivity index (χ1) is 18.9. The number of carbonyl (C=O) groups is 5. The molecule has 2 aromatic carbocycles. The molecule has 0 heterocycles. The zero-order valence-corrected chi connectivity index (χ0v) is 41.1. The molecule has 0 unspecified atom stereocenters. The normalized spacial score (nSPS) is 9.58. The number of halogens is 1. The van der Waals surface area contributed by atoms with Gasteiger partial charge < -0.3 is 30.9 Å². The molecule has 43 heavy (non-hydrogen) atoms. The molecule has 0 fully saturated rings. The zero-order chi connectivity index (χ0) is 32.6. The van der Waals surface area contributed by atoms with Crippen LogP contribution in [0.4, 0.5) is 0 Å². The van der Waals surface area contributed by atoms with E-state index < -0.39 is 15.9 Å². The zero-order valence-electron chi connectivity index (χ0n) is 27.9. The van der Waals surface area contributed by atoms with E-state index in [1.54, 1.807) is 65.8 Å². The van der Waals surface area contributed by atoms with Crippen molar-refractivity contribution in [1.82, 2.24) is 0 Å². The first-order valence-electron chi connectivity index (χ1n) is 12.0. The van der Waals surface area contributed by atoms with Gasteiger partial charge in [-0.15, -0.1) is 0 Å². The van der Waals surface area contributed by atoms with Crippen LogP contribution in [-0.2, 0) is 28.7 Å². The summed E-state index contributed by atoms with van der Waals surface area (Å²) in [5.41, 5.74) is 3.36. The van der Waals surface area contributed by atoms with Gasteiger partial charge in [0.1, 0.15) is 28.4 Å². The topological polar surface area (TPSA) is 166 Å². The van der Waals surface area contributed by atoms with Crippen molar-refractivity contribution in [3.8, 4) is 11.5 Å². The molecule has 0 aliphatic carbocycles. The Bertz CT molecular complexity index is 1200. The SMILES string of the molecule is COC(=O)C(C)(C)Br.COC(=O)C(C)(C)Oc1cc(C)c(C=O)cc1C.Cc1cc(C=O)c(C)cc1O.O=CO[O-].[Cs+].[Cs+].[H-]. The Balaban J connectivity index is -0.000000168. The van der Waals surface area contributed by atoms with Gasteiger partial charge in [0.15, 0.2) is 5.60 Å². The number of esters is 2. The van der Waals surface area contributed by atoms with E-state index in [1.165, 1.54) is 14.2 Å². The number of benzene rings is 2. The van der Waals surface area contributed by atoms with Crippen LogP contribution in [0.25, 0.3) is 0 Å². The third kappa shape index (κ3) is 20.2. The number of hydrogen-bond acceptors (Lipinski definition) is 11. The molecular formula is C29H39BrCs2O11. The summed E-state index contributed by atoms with van der Waals surface area (Å²) in [5, 5.41) is 17.6. The first kappa shape index (κ1) is 50.2. The maximum atomic E-state index is 11.6. The standard InChI is InChI=1S/C14H18O4.C9H10O2.C5H9BrO2.CH2O3.2Cs.H/c1-9-7-12(10(2)6-11(9)8-15)18-14(3,4)13(16)17-5;1-6-4-9(11)7(2)3-8(6)5-10;1-5(2,6)4(7)8-3;2-1-4-3;;;/h6-8H,1-5H3;3-5,11H,1-2H3;1-3H3;1,3H;;;/q;;;;2*+1;-1/p-1. The number of aldehydes is 2. The van der Waals surface area contributed by atoms with Crippen molar-refractivity contribution in [2.75, 3.05) is 14.2 Å². The molecule has 0 radical (unpaired) electrons. The van der Waals surface area contributed by atoms with Crippen molar-refractivity contribution in [3.63, 3.8) is 0 Å². The minimum atomic E-state index is -1.06. The average molecular weight is 909 g/mol. The quantitative estimate of drug-likeness (QED) is 0.109. The molecule has 0 amide bonds. The van der Waals surface area contributed by atoms with Crippen LogP contribution in [0.1, 0.15) is 72.1 Å². The van der Waals surface area contributed by atoms with Crippen LogP contribution in [0.2, 0.25) is 0 Å². The molecule has 0 atom stereocenters. The van der Waals surface area contributed by atoms with Gasteiger partial charge in [-0.25, -0.2) is 4.79 Å². The van der Waals surface area contributed by atoms with E-state index in [1.807, 2.05) is 13.8 Å². The number of carbonyl (C=O) groups excluding carboxylic acids is 5. The Morgan fingerprint density at radius 3 is 1.51 bits per heavy atom. The number of ether oxygens (including phenoxy) is 3. The Morgan fingerprint density at radius 2 is 1.19 bits per heavy atom. The second-order valence-electron chi connectivity index (χ2n) is 9.47. The van der Waals surface area contributed by atoms with Gasteiger partial charge >= 0.3 is 150 Å². The fourth-order valence-electron chi connectivity index (χ4n) is 2.80. The maximum absolute atomic E-state index is 11.6. The van der Waals surface area contributed by atoms with E-state index in [4.69, 9.17) is 14.8 Å². The van der Waals surface area contributed by atoms with Gasteiger partial charge in [0, 0.05) is 11.1 Å². The third-order valence-corrected chi connectivity index (χ3v) is 5.48. The molecule has 0 saturated carbocycles. The Morgan fingerprint density at radius 1 is 0.791 bits per heavy atom. The third-order valence-electron chi connectivity index (χ3n) is 5.15. The molecular weight excluding hydrogens is 870 g/mol. The summed E-state index contributed by atoms with van der Waals surface area (Å²) in [6, 6.07) is 6.77. The van der Waals surface area contributed by atoms with Crippen LogP contribution in [0.15, 0.2) is 24.3 Å². The van der Waals surface area contributed by atoms with Crippen molar-refractivity contribution in [3.05, 3.63) is 57.6 Å². The van der Waals surface area contributed by atoms with Crippen molar-refractivity contribution < 1.29 is 193 Å². The minimum Gasteiger partial charge on any atom is -1.00 e. The van der Waals surface area contributed by atoms with Gasteiger partial charge in [0.25, 0.3) is 6.47 Å². The second kappa shape index (κ2) is 25.4. The number of phenols is 1. The van der Waals surface area contributed by atoms with Gasteiger partial charge in [-0.3, -0.25) is 19.2 Å². The predicted octanol–water partition coefficient (Wildman–Crippen LogP) is -1.84. The molecule has 0 aliphatic rings. The first-order valence-corrected chi connectivity index (χ1v) is 12.7. The molecule has 1 N–H and O–H groups in total. The van der Waals surface area contributed by atoms with E-state index >= 15 is 0 Å². The minimum absolute atomic E-state index is 0. The summed E-state index contributed by atoms with van der Waals surface area (Å²) in [4.78, 5) is 54.6. The number of phenolic OH excluding ortho intramolecular Hbond substituents is 1. The fraction of sp³-hybridized carbons (Fsp3) is 0.414. The van der Waals surface area contributed by atoms with Crippen LogP contribution >= 0.6 is 15.9 Å². The molecule has 0 saturated heterocycles. The van der Waals surface area contributed by atoms with Crippen LogP contribution in [0.5, 0.6) is 11.5 Å². The summed E-state index contributed by atoms with van der Waals surface area (Å²) in [5.74, 6) is 0.123. The van der Waals surface area contributed by atoms with Gasteiger partial charge in [0.2, 0.25) is 0 Å². The summed E-state index contributed by atoms with van der Waals surface area (Å²) in [6.45, 7) is 13.8. The number of alkyl halides is 1. The fourth-order valence-corrected chi connectivity index (χ4v) is 2.97. The number of rotatable bonds is 7. The molecule has 14 heteroatoms. The van der Waals surface area contributed by atoms with Crippen molar-refractivity contribution in [2.24, 2.45) is 0 Å². The van der Waals surface area contributed by atoms with E-state index in [9.17, 15) is 24.3 Å². The molecule has 2 rings (SSSR count). The number of methoxy groups -OCH3 is 2. The molecule has 0 spiro atoms. The average Bonchev–Trinajstić information content (AvgIpc) is 2.91. The molecule has 11 nitrogen and oxygen atoms in total. The van der Waals surface area contributed by atoms with Crippen molar-refractivity contribution in [2.45, 2.75) is 65.3 Å². The number of aromatic hydroxyl groups is 1. The van der Waals surface area contributed by atoms with Gasteiger partial charge in [-0.2, -0.15) is 0 Å². The Labute approximate surface area is 380 Å². The largest absolute Gasteiger partial charge is 1.00 e. The van der Waals surface area contributed by atoms with Crippen LogP contribution in [0, 0.1) is 27.7 Å². The van der Waals surface area contributed by atoms with E-state index in [-0.39, 0.29) is 157 Å². The molecule has 0 aliphatic heterocycles. The molecule has 0 bridgehead atoms. The maximum Gasteiger partial charge on any atom is 1.00 e. The van der Waals surface area contributed by atoms with Crippen LogP contribution in [-0.4, -0.2) is 60.2 Å². The molecule has 0 aromatic heterocycles. The van der Waals surface area contributed by atoms with E-state index in [2.05, 4.69) is 30.3 Å².